The van der Waals surface area contributed by atoms with Crippen molar-refractivity contribution in [1.29, 1.82) is 0 Å². The molecule has 8 nitrogen and oxygen atoms in total. The summed E-state index contributed by atoms with van der Waals surface area (Å²) in [7, 11) is 1.19. The van der Waals surface area contributed by atoms with Gasteiger partial charge in [0, 0.05) is 48.0 Å². The van der Waals surface area contributed by atoms with Gasteiger partial charge in [-0.05, 0) is 24.3 Å². The van der Waals surface area contributed by atoms with Crippen LogP contribution in [0.3, 0.4) is 0 Å². The fraction of sp³-hybridized carbons (Fsp3) is 0.292. The number of nitrogens with one attached hydrogen (secondary N) is 1. The van der Waals surface area contributed by atoms with Crippen molar-refractivity contribution in [2.45, 2.75) is 31.3 Å². The molecule has 2 heterocycles. The van der Waals surface area contributed by atoms with Gasteiger partial charge in [0.05, 0.1) is 7.11 Å². The van der Waals surface area contributed by atoms with E-state index < -0.39 is 66.1 Å². The average molecular weight is 560 g/mol. The van der Waals surface area contributed by atoms with Crippen LogP contribution < -0.4 is 19.7 Å². The Hall–Kier alpha value is -4.30. The van der Waals surface area contributed by atoms with Crippen LogP contribution in [0.1, 0.15) is 21.8 Å². The Morgan fingerprint density at radius 2 is 1.74 bits per heavy atom. The molecule has 39 heavy (non-hydrogen) atoms. The van der Waals surface area contributed by atoms with Crippen LogP contribution in [0, 0.1) is 11.6 Å². The first-order chi connectivity index (χ1) is 18.4. The number of alkyl halides is 5. The third-order valence-corrected chi connectivity index (χ3v) is 5.84. The lowest BCUT2D eigenvalue weighted by Crippen LogP contribution is -2.44. The molecule has 0 saturated carbocycles. The van der Waals surface area contributed by atoms with E-state index in [0.29, 0.717) is 0 Å². The Balaban J connectivity index is 1.65. The second kappa shape index (κ2) is 10.8. The van der Waals surface area contributed by atoms with Gasteiger partial charge in [-0.3, -0.25) is 19.2 Å². The number of ether oxygens (including phenoxy) is 2. The third-order valence-electron chi connectivity index (χ3n) is 5.84. The number of carbonyl (C=O) groups excluding carboxylic acids is 2. The summed E-state index contributed by atoms with van der Waals surface area (Å²) in [5.74, 6) is -6.04. The smallest absolute Gasteiger partial charge is 0.497 e. The topological polar surface area (TPSA) is 85.7 Å². The fourth-order valence-electron chi connectivity index (χ4n) is 4.16. The van der Waals surface area contributed by atoms with Gasteiger partial charge in [-0.15, -0.1) is 13.2 Å². The summed E-state index contributed by atoms with van der Waals surface area (Å²) in [6.45, 7) is -1.14. The highest BCUT2D eigenvalue weighted by molar-refractivity contribution is 6.04. The van der Waals surface area contributed by atoms with Gasteiger partial charge in [-0.2, -0.15) is 5.10 Å². The highest BCUT2D eigenvalue weighted by Gasteiger charge is 2.46. The molecule has 1 N–H and O–H groups in total. The number of halogens is 7. The van der Waals surface area contributed by atoms with Gasteiger partial charge in [0.1, 0.15) is 35.7 Å². The first kappa shape index (κ1) is 27.7. The normalized spacial score (nSPS) is 17.6. The highest BCUT2D eigenvalue weighted by atomic mass is 19.4. The second-order valence-corrected chi connectivity index (χ2v) is 8.37. The molecule has 1 aromatic heterocycles. The average Bonchev–Trinajstić information content (AvgIpc) is 3.42. The number of amides is 2. The lowest BCUT2D eigenvalue weighted by Gasteiger charge is -2.20. The van der Waals surface area contributed by atoms with Crippen LogP contribution in [-0.4, -0.2) is 54.1 Å². The van der Waals surface area contributed by atoms with E-state index in [1.54, 1.807) is 0 Å². The first-order valence-corrected chi connectivity index (χ1v) is 11.2. The zero-order valence-electron chi connectivity index (χ0n) is 19.9. The maximum Gasteiger partial charge on any atom is 0.573 e. The van der Waals surface area contributed by atoms with Gasteiger partial charge in [0.15, 0.2) is 5.82 Å². The number of benzene rings is 2. The summed E-state index contributed by atoms with van der Waals surface area (Å²) in [5, 5.41) is 6.28. The standard InChI is InChI=1S/C24H19F7N4O4/c1-38-14-8-16(25)20(17(26)9-14)15-10-35(19-6-7-34(33-19)11-18(27)28)23(37)21(15)32-22(36)12-2-4-13(5-3-12)39-24(29,30)31/h2-9,15,18,21H,10-11H2,1H3,(H,32,36)/t15-,21-/m0/s1. The molecular formula is C24H19F7N4O4. The first-order valence-electron chi connectivity index (χ1n) is 11.2. The van der Waals surface area contributed by atoms with E-state index in [2.05, 4.69) is 15.2 Å². The summed E-state index contributed by atoms with van der Waals surface area (Å²) in [4.78, 5) is 27.2. The minimum Gasteiger partial charge on any atom is -0.497 e. The van der Waals surface area contributed by atoms with Crippen molar-refractivity contribution < 1.29 is 49.8 Å². The zero-order chi connectivity index (χ0) is 28.5. The quantitative estimate of drug-likeness (QED) is 0.417. The molecular weight excluding hydrogens is 541 g/mol. The molecule has 3 aromatic rings. The largest absolute Gasteiger partial charge is 0.573 e. The molecule has 0 radical (unpaired) electrons. The number of anilines is 1. The molecule has 1 fully saturated rings. The monoisotopic (exact) mass is 560 g/mol. The molecule has 0 bridgehead atoms. The molecule has 15 heteroatoms. The van der Waals surface area contributed by atoms with Crippen molar-refractivity contribution in [2.24, 2.45) is 0 Å². The Bertz CT molecular complexity index is 1340. The summed E-state index contributed by atoms with van der Waals surface area (Å²) >= 11 is 0. The maximum atomic E-state index is 15.0. The number of hydrogen-bond acceptors (Lipinski definition) is 5. The van der Waals surface area contributed by atoms with Gasteiger partial charge in [0.25, 0.3) is 18.2 Å². The third kappa shape index (κ3) is 6.23. The SMILES string of the molecule is COc1cc(F)c([C@@H]2CN(c3ccn(CC(F)F)n3)C(=O)[C@H]2NC(=O)c2ccc(OC(F)(F)F)cc2)c(F)c1. The molecule has 0 spiro atoms. The molecule has 1 aliphatic rings. The molecule has 4 rings (SSSR count). The van der Waals surface area contributed by atoms with Crippen molar-refractivity contribution in [2.75, 3.05) is 18.6 Å². The van der Waals surface area contributed by atoms with Gasteiger partial charge >= 0.3 is 6.36 Å². The minimum atomic E-state index is -4.95. The predicted molar refractivity (Wildman–Crippen MR) is 121 cm³/mol. The van der Waals surface area contributed by atoms with Gasteiger partial charge < -0.3 is 14.8 Å². The van der Waals surface area contributed by atoms with Crippen molar-refractivity contribution >= 4 is 17.6 Å². The van der Waals surface area contributed by atoms with E-state index in [4.69, 9.17) is 4.74 Å². The van der Waals surface area contributed by atoms with Gasteiger partial charge in [-0.25, -0.2) is 17.6 Å². The van der Waals surface area contributed by atoms with Crippen LogP contribution in [-0.2, 0) is 11.3 Å². The molecule has 208 valence electrons. The zero-order valence-corrected chi connectivity index (χ0v) is 19.9. The molecule has 0 aliphatic carbocycles. The van der Waals surface area contributed by atoms with E-state index >= 15 is 0 Å². The number of aromatic nitrogens is 2. The van der Waals surface area contributed by atoms with Crippen LogP contribution in [0.25, 0.3) is 0 Å². The summed E-state index contributed by atoms with van der Waals surface area (Å²) in [5.41, 5.74) is -0.718. The van der Waals surface area contributed by atoms with Crippen LogP contribution >= 0.6 is 0 Å². The Morgan fingerprint density at radius 3 is 2.31 bits per heavy atom. The van der Waals surface area contributed by atoms with E-state index in [9.17, 15) is 40.3 Å². The van der Waals surface area contributed by atoms with Crippen LogP contribution in [0.5, 0.6) is 11.5 Å². The Morgan fingerprint density at radius 1 is 1.10 bits per heavy atom. The molecule has 1 aliphatic heterocycles. The molecule has 2 aromatic carbocycles. The van der Waals surface area contributed by atoms with Crippen molar-refractivity contribution in [3.8, 4) is 11.5 Å². The van der Waals surface area contributed by atoms with E-state index in [1.807, 2.05) is 0 Å². The Labute approximate surface area is 215 Å². The summed E-state index contributed by atoms with van der Waals surface area (Å²) in [6, 6.07) is 5.24. The van der Waals surface area contributed by atoms with Crippen molar-refractivity contribution in [3.63, 3.8) is 0 Å². The van der Waals surface area contributed by atoms with E-state index in [-0.39, 0.29) is 23.7 Å². The van der Waals surface area contributed by atoms with Gasteiger partial charge in [-0.1, -0.05) is 0 Å². The highest BCUT2D eigenvalue weighted by Crippen LogP contribution is 2.36. The molecule has 2 atom stereocenters. The van der Waals surface area contributed by atoms with Crippen molar-refractivity contribution in [3.05, 3.63) is 71.4 Å². The predicted octanol–water partition coefficient (Wildman–Crippen LogP) is 4.26. The maximum absolute atomic E-state index is 15.0. The lowest BCUT2D eigenvalue weighted by atomic mass is 9.92. The van der Waals surface area contributed by atoms with Gasteiger partial charge in [0.2, 0.25) is 0 Å². The number of carbonyl (C=O) groups is 2. The lowest BCUT2D eigenvalue weighted by molar-refractivity contribution is -0.274. The van der Waals surface area contributed by atoms with Crippen LogP contribution in [0.4, 0.5) is 36.6 Å². The number of methoxy groups -OCH3 is 1. The Kier molecular flexibility index (Phi) is 7.70. The van der Waals surface area contributed by atoms with Crippen LogP contribution in [0.2, 0.25) is 0 Å². The molecule has 2 amide bonds. The number of nitrogens with zero attached hydrogens (tertiary/aromatic N) is 3. The van der Waals surface area contributed by atoms with E-state index in [0.717, 1.165) is 46.0 Å². The number of rotatable bonds is 8. The molecule has 0 unspecified atom stereocenters. The van der Waals surface area contributed by atoms with Crippen molar-refractivity contribution in [1.82, 2.24) is 15.1 Å². The number of hydrogen-bond donors (Lipinski definition) is 1. The second-order valence-electron chi connectivity index (χ2n) is 8.37. The fourth-order valence-corrected chi connectivity index (χ4v) is 4.16. The summed E-state index contributed by atoms with van der Waals surface area (Å²) < 4.78 is 102. The summed E-state index contributed by atoms with van der Waals surface area (Å²) in [6.07, 6.45) is -6.50. The minimum absolute atomic E-state index is 0.0922. The molecule has 1 saturated heterocycles. The van der Waals surface area contributed by atoms with E-state index in [1.165, 1.54) is 19.4 Å². The van der Waals surface area contributed by atoms with Crippen LogP contribution in [0.15, 0.2) is 48.7 Å².